The van der Waals surface area contributed by atoms with E-state index in [2.05, 4.69) is 10.6 Å². The monoisotopic (exact) mass is 402 g/mol. The van der Waals surface area contributed by atoms with Crippen molar-refractivity contribution in [2.75, 3.05) is 12.4 Å². The average Bonchev–Trinajstić information content (AvgIpc) is 2.51. The summed E-state index contributed by atoms with van der Waals surface area (Å²) in [6.45, 7) is 11.8. The Bertz CT molecular complexity index is 549. The minimum Gasteiger partial charge on any atom is -0.388 e. The summed E-state index contributed by atoms with van der Waals surface area (Å²) < 4.78 is 0. The molecule has 0 unspecified atom stereocenters. The van der Waals surface area contributed by atoms with E-state index >= 15 is 0 Å². The smallest absolute Gasteiger partial charge is 0.237 e. The third-order valence-corrected chi connectivity index (χ3v) is 4.57. The lowest BCUT2D eigenvalue weighted by Gasteiger charge is -2.30. The molecule has 0 aliphatic rings. The Morgan fingerprint density at radius 2 is 1.56 bits per heavy atom. The second-order valence-corrected chi connectivity index (χ2v) is 9.78. The molecule has 27 heavy (non-hydrogen) atoms. The lowest BCUT2D eigenvalue weighted by atomic mass is 9.87. The van der Waals surface area contributed by atoms with Crippen LogP contribution in [0.4, 0.5) is 0 Å². The topological polar surface area (TPSA) is 113 Å². The van der Waals surface area contributed by atoms with Gasteiger partial charge in [0.1, 0.15) is 12.4 Å². The minimum absolute atomic E-state index is 0.0186. The van der Waals surface area contributed by atoms with Crippen molar-refractivity contribution in [3.63, 3.8) is 0 Å². The van der Waals surface area contributed by atoms with Gasteiger partial charge in [-0.3, -0.25) is 14.4 Å². The third-order valence-electron chi connectivity index (χ3n) is 3.62. The van der Waals surface area contributed by atoms with Gasteiger partial charge in [0, 0.05) is 23.1 Å². The summed E-state index contributed by atoms with van der Waals surface area (Å²) in [6, 6.07) is -1.50. The number of rotatable bonds is 10. The average molecular weight is 403 g/mol. The van der Waals surface area contributed by atoms with Crippen LogP contribution in [0.15, 0.2) is 0 Å². The first-order valence-electron chi connectivity index (χ1n) is 9.05. The number of hydrogen-bond acceptors (Lipinski definition) is 7. The molecule has 0 aromatic rings. The summed E-state index contributed by atoms with van der Waals surface area (Å²) in [5.74, 6) is -0.549. The third kappa shape index (κ3) is 11.2. The van der Waals surface area contributed by atoms with Gasteiger partial charge < -0.3 is 20.5 Å². The predicted octanol–water partition coefficient (Wildman–Crippen LogP) is 1.46. The van der Waals surface area contributed by atoms with Gasteiger partial charge >= 0.3 is 0 Å². The van der Waals surface area contributed by atoms with Crippen molar-refractivity contribution >= 4 is 34.4 Å². The maximum Gasteiger partial charge on any atom is 0.237 e. The first-order chi connectivity index (χ1) is 12.2. The first-order valence-corrected chi connectivity index (χ1v) is 10.0. The molecule has 0 spiro atoms. The van der Waals surface area contributed by atoms with E-state index in [1.165, 1.54) is 6.92 Å². The Morgan fingerprint density at radius 1 is 1.00 bits per heavy atom. The zero-order valence-corrected chi connectivity index (χ0v) is 18.3. The molecule has 0 radical (unpaired) electrons. The van der Waals surface area contributed by atoms with Crippen LogP contribution in [-0.2, 0) is 19.2 Å². The highest BCUT2D eigenvalue weighted by molar-refractivity contribution is 8.13. The Morgan fingerprint density at radius 3 is 1.96 bits per heavy atom. The van der Waals surface area contributed by atoms with Crippen LogP contribution in [0.3, 0.4) is 0 Å². The number of thioether (sulfide) groups is 1. The minimum atomic E-state index is -0.861. The van der Waals surface area contributed by atoms with Crippen molar-refractivity contribution in [2.24, 2.45) is 5.41 Å². The standard InChI is InChI=1S/C19H34N2O5S/c1-12(23)8-9-13(21-19(5,6)7)17(26)20-14(11-27-15(24)10-22)16(25)18(2,3)4/h13-14,21-22H,8-11H2,1-7H3,(H,20,26)/t13-,14-/m0/s1. The zero-order valence-electron chi connectivity index (χ0n) is 17.5. The van der Waals surface area contributed by atoms with Crippen LogP contribution < -0.4 is 10.6 Å². The van der Waals surface area contributed by atoms with E-state index in [1.807, 2.05) is 20.8 Å². The first kappa shape index (κ1) is 25.8. The highest BCUT2D eigenvalue weighted by Gasteiger charge is 2.33. The fraction of sp³-hybridized carbons (Fsp3) is 0.789. The molecule has 8 heteroatoms. The Kier molecular flexibility index (Phi) is 10.4. The quantitative estimate of drug-likeness (QED) is 0.507. The molecule has 0 aliphatic carbocycles. The van der Waals surface area contributed by atoms with Crippen LogP contribution in [0, 0.1) is 5.41 Å². The van der Waals surface area contributed by atoms with Crippen LogP contribution in [0.2, 0.25) is 0 Å². The second-order valence-electron chi connectivity index (χ2n) is 8.70. The maximum absolute atomic E-state index is 12.8. The van der Waals surface area contributed by atoms with Crippen LogP contribution >= 0.6 is 11.8 Å². The van der Waals surface area contributed by atoms with E-state index < -0.39 is 29.2 Å². The number of nitrogens with one attached hydrogen (secondary N) is 2. The lowest BCUT2D eigenvalue weighted by molar-refractivity contribution is -0.133. The van der Waals surface area contributed by atoms with E-state index in [0.29, 0.717) is 6.42 Å². The van der Waals surface area contributed by atoms with E-state index in [0.717, 1.165) is 11.8 Å². The molecular weight excluding hydrogens is 368 g/mol. The van der Waals surface area contributed by atoms with Gasteiger partial charge in [-0.15, -0.1) is 0 Å². The van der Waals surface area contributed by atoms with E-state index in [9.17, 15) is 19.2 Å². The second kappa shape index (κ2) is 10.9. The molecule has 1 amide bonds. The van der Waals surface area contributed by atoms with Crippen molar-refractivity contribution in [3.8, 4) is 0 Å². The van der Waals surface area contributed by atoms with Crippen molar-refractivity contribution in [2.45, 2.75) is 78.9 Å². The van der Waals surface area contributed by atoms with Gasteiger partial charge in [-0.2, -0.15) is 0 Å². The number of aliphatic hydroxyl groups is 1. The van der Waals surface area contributed by atoms with Gasteiger partial charge in [0.15, 0.2) is 5.78 Å². The van der Waals surface area contributed by atoms with Crippen LogP contribution in [0.5, 0.6) is 0 Å². The van der Waals surface area contributed by atoms with E-state index in [-0.39, 0.29) is 35.2 Å². The predicted molar refractivity (Wildman–Crippen MR) is 108 cm³/mol. The van der Waals surface area contributed by atoms with Gasteiger partial charge in [0.05, 0.1) is 12.1 Å². The number of aliphatic hydroxyl groups excluding tert-OH is 1. The molecule has 3 N–H and O–H groups in total. The molecule has 156 valence electrons. The molecule has 0 fully saturated rings. The van der Waals surface area contributed by atoms with Gasteiger partial charge in [-0.05, 0) is 34.1 Å². The van der Waals surface area contributed by atoms with E-state index in [1.54, 1.807) is 20.8 Å². The summed E-state index contributed by atoms with van der Waals surface area (Å²) in [6.07, 6.45) is 0.564. The number of carbonyl (C=O) groups is 4. The molecule has 7 nitrogen and oxygen atoms in total. The molecule has 0 aromatic heterocycles. The molecule has 0 aromatic carbocycles. The van der Waals surface area contributed by atoms with Gasteiger partial charge in [-0.25, -0.2) is 0 Å². The van der Waals surface area contributed by atoms with E-state index in [4.69, 9.17) is 5.11 Å². The summed E-state index contributed by atoms with van der Waals surface area (Å²) in [4.78, 5) is 48.3. The van der Waals surface area contributed by atoms with Crippen molar-refractivity contribution in [3.05, 3.63) is 0 Å². The SMILES string of the molecule is CC(=O)CC[C@H](NC(C)(C)C)C(=O)N[C@@H](CSC(=O)CO)C(=O)C(C)(C)C. The lowest BCUT2D eigenvalue weighted by Crippen LogP contribution is -2.56. The Hall–Kier alpha value is -1.25. The molecule has 0 rings (SSSR count). The Labute approximate surface area is 166 Å². The molecule has 0 saturated carbocycles. The molecule has 0 saturated heterocycles. The zero-order chi connectivity index (χ0) is 21.4. The van der Waals surface area contributed by atoms with Gasteiger partial charge in [0.2, 0.25) is 11.0 Å². The summed E-state index contributed by atoms with van der Waals surface area (Å²) >= 11 is 0.815. The van der Waals surface area contributed by atoms with Crippen molar-refractivity contribution in [1.29, 1.82) is 0 Å². The van der Waals surface area contributed by atoms with Crippen LogP contribution in [0.25, 0.3) is 0 Å². The highest BCUT2D eigenvalue weighted by Crippen LogP contribution is 2.20. The summed E-state index contributed by atoms with van der Waals surface area (Å²) in [5, 5.41) is 14.3. The summed E-state index contributed by atoms with van der Waals surface area (Å²) in [7, 11) is 0. The van der Waals surface area contributed by atoms with Crippen LogP contribution in [0.1, 0.15) is 61.3 Å². The molecule has 0 aliphatic heterocycles. The highest BCUT2D eigenvalue weighted by atomic mass is 32.2. The van der Waals surface area contributed by atoms with Gasteiger partial charge in [0.25, 0.3) is 0 Å². The molecule has 0 heterocycles. The summed E-state index contributed by atoms with van der Waals surface area (Å²) in [5.41, 5.74) is -1.06. The normalized spacial score (nSPS) is 14.4. The van der Waals surface area contributed by atoms with Gasteiger partial charge in [-0.1, -0.05) is 32.5 Å². The van der Waals surface area contributed by atoms with Crippen LogP contribution in [-0.4, -0.2) is 57.7 Å². The number of hydrogen-bond donors (Lipinski definition) is 3. The number of amides is 1. The van der Waals surface area contributed by atoms with Crippen molar-refractivity contribution in [1.82, 2.24) is 10.6 Å². The number of Topliss-reactive ketones (excluding diaryl/α,β-unsaturated/α-hetero) is 2. The Balaban J connectivity index is 5.34. The number of carbonyl (C=O) groups excluding carboxylic acids is 4. The number of ketones is 2. The molecule has 0 bridgehead atoms. The largest absolute Gasteiger partial charge is 0.388 e. The van der Waals surface area contributed by atoms with Crippen molar-refractivity contribution < 1.29 is 24.3 Å². The molecule has 2 atom stereocenters. The fourth-order valence-corrected chi connectivity index (χ4v) is 3.02. The molecular formula is C19H34N2O5S. The maximum atomic E-state index is 12.8. The fourth-order valence-electron chi connectivity index (χ4n) is 2.34.